The first-order valence-electron chi connectivity index (χ1n) is 6.15. The van der Waals surface area contributed by atoms with Crippen molar-refractivity contribution in [3.63, 3.8) is 0 Å². The van der Waals surface area contributed by atoms with E-state index in [1.54, 1.807) is 18.3 Å². The summed E-state index contributed by atoms with van der Waals surface area (Å²) in [4.78, 5) is 20.1. The van der Waals surface area contributed by atoms with E-state index in [0.29, 0.717) is 18.1 Å². The van der Waals surface area contributed by atoms with Crippen LogP contribution in [0.25, 0.3) is 0 Å². The number of aromatic nitrogens is 2. The van der Waals surface area contributed by atoms with Crippen molar-refractivity contribution in [2.45, 2.75) is 13.5 Å². The number of amides is 2. The van der Waals surface area contributed by atoms with Crippen LogP contribution in [-0.2, 0) is 6.54 Å². The largest absolute Gasteiger partial charge is 0.480 e. The molecule has 104 valence electrons. The van der Waals surface area contributed by atoms with Gasteiger partial charge in [0.15, 0.2) is 0 Å². The molecule has 2 N–H and O–H groups in total. The van der Waals surface area contributed by atoms with Gasteiger partial charge in [0, 0.05) is 11.9 Å². The number of ether oxygens (including phenoxy) is 1. The predicted molar refractivity (Wildman–Crippen MR) is 75.6 cm³/mol. The normalized spacial score (nSPS) is 9.90. The molecule has 0 unspecified atom stereocenters. The van der Waals surface area contributed by atoms with Crippen LogP contribution in [0.3, 0.4) is 0 Å². The number of carbonyl (C=O) groups is 1. The number of urea groups is 1. The van der Waals surface area contributed by atoms with Crippen LogP contribution in [0.4, 0.5) is 10.5 Å². The third kappa shape index (κ3) is 3.68. The number of carbonyl (C=O) groups excluding carboxylic acids is 1. The number of aryl methyl sites for hydroxylation is 1. The van der Waals surface area contributed by atoms with Crippen molar-refractivity contribution in [2.24, 2.45) is 0 Å². The van der Waals surface area contributed by atoms with Crippen LogP contribution in [0.2, 0.25) is 0 Å². The molecule has 20 heavy (non-hydrogen) atoms. The predicted octanol–water partition coefficient (Wildman–Crippen LogP) is 2.12. The average molecular weight is 272 g/mol. The highest BCUT2D eigenvalue weighted by Gasteiger charge is 2.07. The quantitative estimate of drug-likeness (QED) is 0.893. The Labute approximate surface area is 117 Å². The van der Waals surface area contributed by atoms with E-state index < -0.39 is 0 Å². The number of pyridine rings is 2. The van der Waals surface area contributed by atoms with Crippen molar-refractivity contribution >= 4 is 11.7 Å². The van der Waals surface area contributed by atoms with Crippen molar-refractivity contribution in [1.82, 2.24) is 15.3 Å². The highest BCUT2D eigenvalue weighted by molar-refractivity contribution is 5.90. The van der Waals surface area contributed by atoms with Gasteiger partial charge in [0.1, 0.15) is 5.69 Å². The molecule has 0 atom stereocenters. The highest BCUT2D eigenvalue weighted by Crippen LogP contribution is 2.19. The second-order valence-corrected chi connectivity index (χ2v) is 4.14. The molecule has 2 aromatic rings. The number of hydrogen-bond donors (Lipinski definition) is 2. The lowest BCUT2D eigenvalue weighted by Gasteiger charge is -2.10. The van der Waals surface area contributed by atoms with Gasteiger partial charge in [-0.05, 0) is 31.2 Å². The van der Waals surface area contributed by atoms with E-state index in [1.165, 1.54) is 7.11 Å². The number of hydrogen-bond acceptors (Lipinski definition) is 4. The van der Waals surface area contributed by atoms with E-state index in [-0.39, 0.29) is 6.03 Å². The summed E-state index contributed by atoms with van der Waals surface area (Å²) in [5, 5.41) is 5.41. The fraction of sp³-hybridized carbons (Fsp3) is 0.214. The lowest BCUT2D eigenvalue weighted by molar-refractivity contribution is 0.251. The molecule has 0 saturated heterocycles. The standard InChI is InChI=1S/C14H16N4O2/c1-10-5-3-6-11(17-10)9-16-14(19)18-12-7-4-8-15-13(12)20-2/h3-8H,9H2,1-2H3,(H2,16,18,19). The maximum Gasteiger partial charge on any atom is 0.319 e. The van der Waals surface area contributed by atoms with Crippen LogP contribution in [0.1, 0.15) is 11.4 Å². The molecule has 2 aromatic heterocycles. The summed E-state index contributed by atoms with van der Waals surface area (Å²) in [5.41, 5.74) is 2.24. The molecule has 2 heterocycles. The zero-order chi connectivity index (χ0) is 14.4. The molecule has 0 radical (unpaired) electrons. The Morgan fingerprint density at radius 3 is 2.90 bits per heavy atom. The third-order valence-corrected chi connectivity index (χ3v) is 2.59. The zero-order valence-corrected chi connectivity index (χ0v) is 11.4. The number of anilines is 1. The van der Waals surface area contributed by atoms with Crippen LogP contribution in [0.15, 0.2) is 36.5 Å². The second-order valence-electron chi connectivity index (χ2n) is 4.14. The van der Waals surface area contributed by atoms with Gasteiger partial charge in [0.2, 0.25) is 5.88 Å². The first-order valence-corrected chi connectivity index (χ1v) is 6.15. The minimum atomic E-state index is -0.334. The molecule has 2 amide bonds. The highest BCUT2D eigenvalue weighted by atomic mass is 16.5. The van der Waals surface area contributed by atoms with Crippen LogP contribution in [-0.4, -0.2) is 23.1 Å². The van der Waals surface area contributed by atoms with Gasteiger partial charge in [0.25, 0.3) is 0 Å². The average Bonchev–Trinajstić information content (AvgIpc) is 2.46. The number of nitrogens with zero attached hydrogens (tertiary/aromatic N) is 2. The smallest absolute Gasteiger partial charge is 0.319 e. The molecule has 0 spiro atoms. The molecule has 2 rings (SSSR count). The Bertz CT molecular complexity index is 601. The molecule has 0 aliphatic rings. The van der Waals surface area contributed by atoms with Crippen molar-refractivity contribution in [3.05, 3.63) is 47.9 Å². The summed E-state index contributed by atoms with van der Waals surface area (Å²) in [6.07, 6.45) is 1.60. The lowest BCUT2D eigenvalue weighted by Crippen LogP contribution is -2.28. The minimum absolute atomic E-state index is 0.334. The maximum atomic E-state index is 11.8. The Kier molecular flexibility index (Phi) is 4.49. The van der Waals surface area contributed by atoms with E-state index in [9.17, 15) is 4.79 Å². The molecule has 0 saturated carbocycles. The zero-order valence-electron chi connectivity index (χ0n) is 11.4. The van der Waals surface area contributed by atoms with Crippen LogP contribution in [0.5, 0.6) is 5.88 Å². The van der Waals surface area contributed by atoms with E-state index in [1.807, 2.05) is 25.1 Å². The Hall–Kier alpha value is -2.63. The van der Waals surface area contributed by atoms with Crippen molar-refractivity contribution in [3.8, 4) is 5.88 Å². The molecule has 0 aromatic carbocycles. The van der Waals surface area contributed by atoms with Crippen LogP contribution < -0.4 is 15.4 Å². The SMILES string of the molecule is COc1ncccc1NC(=O)NCc1cccc(C)n1. The topological polar surface area (TPSA) is 76.1 Å². The second kappa shape index (κ2) is 6.51. The number of nitrogens with one attached hydrogen (secondary N) is 2. The summed E-state index contributed by atoms with van der Waals surface area (Å²) in [6.45, 7) is 2.26. The first-order chi connectivity index (χ1) is 9.69. The van der Waals surface area contributed by atoms with Crippen LogP contribution >= 0.6 is 0 Å². The molecular weight excluding hydrogens is 256 g/mol. The van der Waals surface area contributed by atoms with E-state index in [2.05, 4.69) is 20.6 Å². The fourth-order valence-corrected chi connectivity index (χ4v) is 1.68. The van der Waals surface area contributed by atoms with Gasteiger partial charge in [-0.2, -0.15) is 0 Å². The summed E-state index contributed by atoms with van der Waals surface area (Å²) in [6, 6.07) is 8.78. The summed E-state index contributed by atoms with van der Waals surface area (Å²) < 4.78 is 5.06. The monoisotopic (exact) mass is 272 g/mol. The van der Waals surface area contributed by atoms with Gasteiger partial charge >= 0.3 is 6.03 Å². The summed E-state index contributed by atoms with van der Waals surface area (Å²) in [7, 11) is 1.50. The lowest BCUT2D eigenvalue weighted by atomic mass is 10.3. The van der Waals surface area contributed by atoms with Crippen LogP contribution in [0, 0.1) is 6.92 Å². The summed E-state index contributed by atoms with van der Waals surface area (Å²) in [5.74, 6) is 0.372. The van der Waals surface area contributed by atoms with Gasteiger partial charge in [-0.3, -0.25) is 4.98 Å². The van der Waals surface area contributed by atoms with Gasteiger partial charge in [-0.15, -0.1) is 0 Å². The Balaban J connectivity index is 1.93. The van der Waals surface area contributed by atoms with E-state index in [4.69, 9.17) is 4.74 Å². The Morgan fingerprint density at radius 2 is 2.15 bits per heavy atom. The van der Waals surface area contributed by atoms with E-state index in [0.717, 1.165) is 11.4 Å². The van der Waals surface area contributed by atoms with Gasteiger partial charge in [-0.25, -0.2) is 9.78 Å². The molecular formula is C14H16N4O2. The Morgan fingerprint density at radius 1 is 1.30 bits per heavy atom. The van der Waals surface area contributed by atoms with Gasteiger partial charge in [0.05, 0.1) is 19.3 Å². The minimum Gasteiger partial charge on any atom is -0.480 e. The molecule has 0 bridgehead atoms. The fourth-order valence-electron chi connectivity index (χ4n) is 1.68. The molecule has 0 aliphatic heterocycles. The molecule has 6 nitrogen and oxygen atoms in total. The van der Waals surface area contributed by atoms with Crippen molar-refractivity contribution < 1.29 is 9.53 Å². The number of rotatable bonds is 4. The van der Waals surface area contributed by atoms with Gasteiger partial charge < -0.3 is 15.4 Å². The third-order valence-electron chi connectivity index (χ3n) is 2.59. The number of methoxy groups -OCH3 is 1. The first kappa shape index (κ1) is 13.8. The van der Waals surface area contributed by atoms with Crippen molar-refractivity contribution in [2.75, 3.05) is 12.4 Å². The molecule has 0 aliphatic carbocycles. The van der Waals surface area contributed by atoms with Crippen molar-refractivity contribution in [1.29, 1.82) is 0 Å². The van der Waals surface area contributed by atoms with E-state index >= 15 is 0 Å². The van der Waals surface area contributed by atoms with Gasteiger partial charge in [-0.1, -0.05) is 6.07 Å². The molecule has 6 heteroatoms. The molecule has 0 fully saturated rings. The summed E-state index contributed by atoms with van der Waals surface area (Å²) >= 11 is 0. The maximum absolute atomic E-state index is 11.8.